The zero-order valence-corrected chi connectivity index (χ0v) is 12.7. The maximum Gasteiger partial charge on any atom is 0.200 e. The molecule has 1 aromatic heterocycles. The van der Waals surface area contributed by atoms with Crippen molar-refractivity contribution < 1.29 is 19.8 Å². The Bertz CT molecular complexity index is 807. The number of rotatable bonds is 6. The molecule has 0 spiro atoms. The number of phenols is 1. The Morgan fingerprint density at radius 1 is 0.917 bits per heavy atom. The van der Waals surface area contributed by atoms with Crippen LogP contribution in [0, 0.1) is 0 Å². The molecule has 1 aromatic carbocycles. The molecule has 4 N–H and O–H groups in total. The SMILES string of the molecule is O=C1c2cnncc2C(=O)c2c(NCCNCCO)ccc(O)c21. The van der Waals surface area contributed by atoms with Gasteiger partial charge in [-0.25, -0.2) is 0 Å². The van der Waals surface area contributed by atoms with E-state index in [4.69, 9.17) is 5.11 Å². The third-order valence-electron chi connectivity index (χ3n) is 3.76. The Labute approximate surface area is 137 Å². The van der Waals surface area contributed by atoms with Gasteiger partial charge >= 0.3 is 0 Å². The van der Waals surface area contributed by atoms with Crippen molar-refractivity contribution in [2.45, 2.75) is 0 Å². The second-order valence-corrected chi connectivity index (χ2v) is 5.26. The number of phenolic OH excluding ortho intramolecular Hbond substituents is 1. The number of aromatic hydroxyl groups is 1. The van der Waals surface area contributed by atoms with Crippen LogP contribution in [0.15, 0.2) is 24.5 Å². The van der Waals surface area contributed by atoms with Crippen molar-refractivity contribution in [2.75, 3.05) is 31.6 Å². The zero-order valence-electron chi connectivity index (χ0n) is 12.7. The van der Waals surface area contributed by atoms with Crippen LogP contribution in [0.4, 0.5) is 5.69 Å². The highest BCUT2D eigenvalue weighted by molar-refractivity contribution is 6.30. The molecular formula is C16H16N4O4. The van der Waals surface area contributed by atoms with Crippen LogP contribution in [0.1, 0.15) is 31.8 Å². The van der Waals surface area contributed by atoms with Crippen LogP contribution in [0.2, 0.25) is 0 Å². The summed E-state index contributed by atoms with van der Waals surface area (Å²) in [6, 6.07) is 2.94. The summed E-state index contributed by atoms with van der Waals surface area (Å²) in [5.74, 6) is -1.07. The third kappa shape index (κ3) is 2.72. The molecule has 0 aliphatic heterocycles. The highest BCUT2D eigenvalue weighted by atomic mass is 16.3. The molecule has 0 atom stereocenters. The van der Waals surface area contributed by atoms with Crippen LogP contribution in [-0.4, -0.2) is 58.2 Å². The molecule has 8 heteroatoms. The number of anilines is 1. The fourth-order valence-corrected chi connectivity index (χ4v) is 2.65. The molecule has 8 nitrogen and oxygen atoms in total. The standard InChI is InChI=1S/C16H16N4O4/c21-6-5-17-3-4-18-11-1-2-12(22)14-13(11)15(23)9-7-19-20-8-10(9)16(14)24/h1-2,7-8,17-18,21-22H,3-6H2. The average molecular weight is 328 g/mol. The highest BCUT2D eigenvalue weighted by Gasteiger charge is 2.34. The second-order valence-electron chi connectivity index (χ2n) is 5.26. The molecule has 0 saturated heterocycles. The summed E-state index contributed by atoms with van der Waals surface area (Å²) in [6.07, 6.45) is 2.49. The number of hydrogen-bond acceptors (Lipinski definition) is 8. The summed E-state index contributed by atoms with van der Waals surface area (Å²) in [7, 11) is 0. The van der Waals surface area contributed by atoms with E-state index in [1.165, 1.54) is 18.5 Å². The van der Waals surface area contributed by atoms with Crippen molar-refractivity contribution in [3.63, 3.8) is 0 Å². The summed E-state index contributed by atoms with van der Waals surface area (Å²) in [6.45, 7) is 1.57. The van der Waals surface area contributed by atoms with E-state index >= 15 is 0 Å². The normalized spacial score (nSPS) is 12.7. The summed E-state index contributed by atoms with van der Waals surface area (Å²) >= 11 is 0. The third-order valence-corrected chi connectivity index (χ3v) is 3.76. The van der Waals surface area contributed by atoms with Gasteiger partial charge in [0.2, 0.25) is 0 Å². The first-order valence-electron chi connectivity index (χ1n) is 7.46. The smallest absolute Gasteiger partial charge is 0.200 e. The van der Waals surface area contributed by atoms with E-state index in [1.807, 2.05) is 0 Å². The van der Waals surface area contributed by atoms with Crippen LogP contribution in [0.5, 0.6) is 5.75 Å². The van der Waals surface area contributed by atoms with E-state index in [-0.39, 0.29) is 40.4 Å². The Kier molecular flexibility index (Phi) is 4.50. The first-order chi connectivity index (χ1) is 11.6. The second kappa shape index (κ2) is 6.73. The predicted molar refractivity (Wildman–Crippen MR) is 85.4 cm³/mol. The van der Waals surface area contributed by atoms with Gasteiger partial charge in [0.1, 0.15) is 5.75 Å². The van der Waals surface area contributed by atoms with E-state index in [9.17, 15) is 14.7 Å². The summed E-state index contributed by atoms with van der Waals surface area (Å²) in [5.41, 5.74) is 0.903. The topological polar surface area (TPSA) is 124 Å². The number of nitrogens with zero attached hydrogens (tertiary/aromatic N) is 2. The number of carbonyl (C=O) groups excluding carboxylic acids is 2. The molecule has 0 fully saturated rings. The summed E-state index contributed by atoms with van der Waals surface area (Å²) < 4.78 is 0. The van der Waals surface area contributed by atoms with E-state index in [0.29, 0.717) is 25.3 Å². The average Bonchev–Trinajstić information content (AvgIpc) is 2.60. The van der Waals surface area contributed by atoms with Gasteiger partial charge in [-0.05, 0) is 12.1 Å². The maximum absolute atomic E-state index is 12.7. The summed E-state index contributed by atoms with van der Waals surface area (Å²) in [5, 5.41) is 32.2. The molecule has 1 aliphatic carbocycles. The first kappa shape index (κ1) is 16.0. The van der Waals surface area contributed by atoms with Gasteiger partial charge in [0.15, 0.2) is 11.6 Å². The molecule has 0 saturated carbocycles. The Morgan fingerprint density at radius 2 is 1.58 bits per heavy atom. The Morgan fingerprint density at radius 3 is 2.25 bits per heavy atom. The van der Waals surface area contributed by atoms with Crippen LogP contribution in [0.3, 0.4) is 0 Å². The van der Waals surface area contributed by atoms with Crippen LogP contribution >= 0.6 is 0 Å². The largest absolute Gasteiger partial charge is 0.507 e. The first-order valence-corrected chi connectivity index (χ1v) is 7.46. The summed E-state index contributed by atoms with van der Waals surface area (Å²) in [4.78, 5) is 25.3. The molecule has 1 heterocycles. The lowest BCUT2D eigenvalue weighted by Crippen LogP contribution is -2.27. The molecular weight excluding hydrogens is 312 g/mol. The van der Waals surface area contributed by atoms with Gasteiger partial charge in [-0.15, -0.1) is 0 Å². The molecule has 3 rings (SSSR count). The minimum atomic E-state index is -0.450. The Hall–Kier alpha value is -2.84. The van der Waals surface area contributed by atoms with E-state index in [1.54, 1.807) is 6.07 Å². The van der Waals surface area contributed by atoms with Crippen molar-refractivity contribution >= 4 is 17.3 Å². The van der Waals surface area contributed by atoms with Gasteiger partial charge in [0.25, 0.3) is 0 Å². The number of aliphatic hydroxyl groups excluding tert-OH is 1. The molecule has 0 unspecified atom stereocenters. The maximum atomic E-state index is 12.7. The quantitative estimate of drug-likeness (QED) is 0.367. The fourth-order valence-electron chi connectivity index (χ4n) is 2.65. The predicted octanol–water partition coefficient (Wildman–Crippen LogP) is -0.0486. The zero-order chi connectivity index (χ0) is 17.1. The fraction of sp³-hybridized carbons (Fsp3) is 0.250. The lowest BCUT2D eigenvalue weighted by atomic mass is 9.84. The van der Waals surface area contributed by atoms with Gasteiger partial charge in [-0.3, -0.25) is 9.59 Å². The van der Waals surface area contributed by atoms with E-state index in [2.05, 4.69) is 20.8 Å². The number of fused-ring (bicyclic) bond motifs is 2. The Balaban J connectivity index is 1.95. The molecule has 0 radical (unpaired) electrons. The monoisotopic (exact) mass is 328 g/mol. The van der Waals surface area contributed by atoms with Crippen molar-refractivity contribution in [1.82, 2.24) is 15.5 Å². The molecule has 124 valence electrons. The molecule has 0 amide bonds. The molecule has 24 heavy (non-hydrogen) atoms. The lowest BCUT2D eigenvalue weighted by molar-refractivity contribution is 0.0976. The molecule has 1 aliphatic rings. The number of hydrogen-bond donors (Lipinski definition) is 4. The minimum absolute atomic E-state index is 0.0196. The van der Waals surface area contributed by atoms with E-state index < -0.39 is 5.78 Å². The molecule has 0 bridgehead atoms. The lowest BCUT2D eigenvalue weighted by Gasteiger charge is -2.21. The van der Waals surface area contributed by atoms with E-state index in [0.717, 1.165) is 0 Å². The molecule has 2 aromatic rings. The number of aliphatic hydroxyl groups is 1. The number of carbonyl (C=O) groups is 2. The van der Waals surface area contributed by atoms with Crippen molar-refractivity contribution in [3.8, 4) is 5.75 Å². The van der Waals surface area contributed by atoms with Crippen LogP contribution in [-0.2, 0) is 0 Å². The van der Waals surface area contributed by atoms with Crippen LogP contribution in [0.25, 0.3) is 0 Å². The van der Waals surface area contributed by atoms with Crippen molar-refractivity contribution in [1.29, 1.82) is 0 Å². The number of ketones is 2. The minimum Gasteiger partial charge on any atom is -0.507 e. The number of aromatic nitrogens is 2. The van der Waals surface area contributed by atoms with Gasteiger partial charge in [0, 0.05) is 25.3 Å². The van der Waals surface area contributed by atoms with Gasteiger partial charge in [0.05, 0.1) is 41.3 Å². The van der Waals surface area contributed by atoms with Crippen molar-refractivity contribution in [2.24, 2.45) is 0 Å². The van der Waals surface area contributed by atoms with Crippen molar-refractivity contribution in [3.05, 3.63) is 46.8 Å². The highest BCUT2D eigenvalue weighted by Crippen LogP contribution is 2.36. The number of benzene rings is 1. The van der Waals surface area contributed by atoms with Gasteiger partial charge in [-0.2, -0.15) is 10.2 Å². The van der Waals surface area contributed by atoms with Crippen LogP contribution < -0.4 is 10.6 Å². The van der Waals surface area contributed by atoms with Gasteiger partial charge < -0.3 is 20.8 Å². The van der Waals surface area contributed by atoms with Gasteiger partial charge in [-0.1, -0.05) is 0 Å². The number of nitrogens with one attached hydrogen (secondary N) is 2.